The molecule has 0 bridgehead atoms. The van der Waals surface area contributed by atoms with Crippen molar-refractivity contribution < 1.29 is 17.6 Å². The fourth-order valence-electron chi connectivity index (χ4n) is 1.50. The summed E-state index contributed by atoms with van der Waals surface area (Å²) in [6.45, 7) is 3.22. The smallest absolute Gasteiger partial charge is 0.258 e. The molecule has 1 nitrogen and oxygen atoms in total. The molecule has 1 unspecified atom stereocenters. The van der Waals surface area contributed by atoms with Crippen LogP contribution in [0.25, 0.3) is 0 Å². The predicted octanol–water partition coefficient (Wildman–Crippen LogP) is 3.19. The highest BCUT2D eigenvalue weighted by Crippen LogP contribution is 2.27. The van der Waals surface area contributed by atoms with Crippen molar-refractivity contribution in [3.05, 3.63) is 34.9 Å². The monoisotopic (exact) mass is 235 g/mol. The van der Waals surface area contributed by atoms with E-state index in [0.29, 0.717) is 0 Å². The SMILES string of the molecule is CCNC(c1c(F)ccc(C)c1F)C(F)F. The van der Waals surface area contributed by atoms with E-state index in [9.17, 15) is 17.6 Å². The van der Waals surface area contributed by atoms with Gasteiger partial charge in [0.2, 0.25) is 0 Å². The minimum Gasteiger partial charge on any atom is -0.305 e. The largest absolute Gasteiger partial charge is 0.305 e. The van der Waals surface area contributed by atoms with Gasteiger partial charge in [-0.1, -0.05) is 13.0 Å². The molecule has 0 aromatic heterocycles. The summed E-state index contributed by atoms with van der Waals surface area (Å²) in [5, 5.41) is 2.38. The van der Waals surface area contributed by atoms with Gasteiger partial charge in [-0.3, -0.25) is 0 Å². The van der Waals surface area contributed by atoms with E-state index in [1.807, 2.05) is 0 Å². The predicted molar refractivity (Wildman–Crippen MR) is 53.5 cm³/mol. The average molecular weight is 235 g/mol. The van der Waals surface area contributed by atoms with Crippen molar-refractivity contribution >= 4 is 0 Å². The summed E-state index contributed by atoms with van der Waals surface area (Å²) < 4.78 is 52.3. The second-order valence-corrected chi connectivity index (χ2v) is 3.46. The quantitative estimate of drug-likeness (QED) is 0.790. The second kappa shape index (κ2) is 5.30. The zero-order valence-electron chi connectivity index (χ0n) is 9.03. The first kappa shape index (κ1) is 13.0. The van der Waals surface area contributed by atoms with Crippen molar-refractivity contribution in [3.8, 4) is 0 Å². The number of hydrogen-bond donors (Lipinski definition) is 1. The van der Waals surface area contributed by atoms with Crippen LogP contribution in [0.4, 0.5) is 17.6 Å². The van der Waals surface area contributed by atoms with Crippen LogP contribution in [0.3, 0.4) is 0 Å². The van der Waals surface area contributed by atoms with Gasteiger partial charge in [-0.05, 0) is 25.1 Å². The van der Waals surface area contributed by atoms with Gasteiger partial charge in [0.25, 0.3) is 6.43 Å². The number of nitrogens with one attached hydrogen (secondary N) is 1. The van der Waals surface area contributed by atoms with Crippen LogP contribution in [0.2, 0.25) is 0 Å². The van der Waals surface area contributed by atoms with E-state index in [2.05, 4.69) is 5.32 Å². The Morgan fingerprint density at radius 3 is 2.38 bits per heavy atom. The Labute approximate surface area is 91.5 Å². The highest BCUT2D eigenvalue weighted by molar-refractivity contribution is 5.29. The molecule has 0 aliphatic rings. The summed E-state index contributed by atoms with van der Waals surface area (Å²) in [6, 6.07) is 0.619. The lowest BCUT2D eigenvalue weighted by Crippen LogP contribution is -2.29. The van der Waals surface area contributed by atoms with Crippen molar-refractivity contribution in [2.24, 2.45) is 0 Å². The van der Waals surface area contributed by atoms with Gasteiger partial charge in [-0.25, -0.2) is 17.6 Å². The molecule has 1 rings (SSSR count). The van der Waals surface area contributed by atoms with Gasteiger partial charge in [0, 0.05) is 5.56 Å². The molecule has 0 spiro atoms. The summed E-state index contributed by atoms with van der Waals surface area (Å²) in [6.07, 6.45) is -2.86. The third-order valence-electron chi connectivity index (χ3n) is 2.31. The van der Waals surface area contributed by atoms with E-state index in [1.165, 1.54) is 13.0 Å². The normalized spacial score (nSPS) is 13.2. The van der Waals surface area contributed by atoms with Crippen LogP contribution in [-0.4, -0.2) is 13.0 Å². The minimum atomic E-state index is -2.86. The molecule has 16 heavy (non-hydrogen) atoms. The van der Waals surface area contributed by atoms with Gasteiger partial charge < -0.3 is 5.32 Å². The van der Waals surface area contributed by atoms with E-state index >= 15 is 0 Å². The van der Waals surface area contributed by atoms with Crippen molar-refractivity contribution in [1.82, 2.24) is 5.32 Å². The minimum absolute atomic E-state index is 0.153. The third-order valence-corrected chi connectivity index (χ3v) is 2.31. The average Bonchev–Trinajstić information content (AvgIpc) is 2.22. The maximum absolute atomic E-state index is 13.6. The molecule has 0 heterocycles. The summed E-state index contributed by atoms with van der Waals surface area (Å²) >= 11 is 0. The highest BCUT2D eigenvalue weighted by Gasteiger charge is 2.28. The molecule has 0 aliphatic heterocycles. The summed E-state index contributed by atoms with van der Waals surface area (Å²) in [5.74, 6) is -1.86. The Hall–Kier alpha value is -1.10. The number of halogens is 4. The van der Waals surface area contributed by atoms with E-state index in [4.69, 9.17) is 0 Å². The molecular weight excluding hydrogens is 222 g/mol. The lowest BCUT2D eigenvalue weighted by Gasteiger charge is -2.19. The van der Waals surface area contributed by atoms with Gasteiger partial charge in [0.1, 0.15) is 11.6 Å². The Kier molecular flexibility index (Phi) is 4.29. The van der Waals surface area contributed by atoms with Crippen molar-refractivity contribution in [2.45, 2.75) is 26.3 Å². The van der Waals surface area contributed by atoms with Crippen LogP contribution in [-0.2, 0) is 0 Å². The summed E-state index contributed by atoms with van der Waals surface area (Å²) in [4.78, 5) is 0. The molecule has 1 aromatic carbocycles. The van der Waals surface area contributed by atoms with E-state index in [0.717, 1.165) is 6.07 Å². The van der Waals surface area contributed by atoms with Gasteiger partial charge in [0.05, 0.1) is 6.04 Å². The third kappa shape index (κ3) is 2.52. The maximum atomic E-state index is 13.6. The zero-order chi connectivity index (χ0) is 12.3. The van der Waals surface area contributed by atoms with Gasteiger partial charge in [-0.15, -0.1) is 0 Å². The number of hydrogen-bond acceptors (Lipinski definition) is 1. The van der Waals surface area contributed by atoms with Crippen molar-refractivity contribution in [3.63, 3.8) is 0 Å². The Morgan fingerprint density at radius 1 is 1.25 bits per heavy atom. The van der Waals surface area contributed by atoms with Crippen LogP contribution in [0.1, 0.15) is 24.1 Å². The molecule has 0 fully saturated rings. The molecule has 0 saturated carbocycles. The lowest BCUT2D eigenvalue weighted by atomic mass is 10.0. The van der Waals surface area contributed by atoms with Crippen LogP contribution in [0.15, 0.2) is 12.1 Å². The first-order valence-corrected chi connectivity index (χ1v) is 4.95. The van der Waals surface area contributed by atoms with E-state index < -0.39 is 29.7 Å². The first-order chi connectivity index (χ1) is 7.49. The summed E-state index contributed by atoms with van der Waals surface area (Å²) in [7, 11) is 0. The van der Waals surface area contributed by atoms with Crippen LogP contribution in [0.5, 0.6) is 0 Å². The number of benzene rings is 1. The Morgan fingerprint density at radius 2 is 1.88 bits per heavy atom. The fraction of sp³-hybridized carbons (Fsp3) is 0.455. The zero-order valence-corrected chi connectivity index (χ0v) is 9.03. The molecule has 1 atom stereocenters. The van der Waals surface area contributed by atoms with Crippen LogP contribution < -0.4 is 5.32 Å². The molecular formula is C11H13F4N. The van der Waals surface area contributed by atoms with Gasteiger partial charge in [-0.2, -0.15) is 0 Å². The molecule has 0 radical (unpaired) electrons. The fourth-order valence-corrected chi connectivity index (χ4v) is 1.50. The van der Waals surface area contributed by atoms with E-state index in [1.54, 1.807) is 6.92 Å². The van der Waals surface area contributed by atoms with Gasteiger partial charge >= 0.3 is 0 Å². The molecule has 0 amide bonds. The Bertz CT molecular complexity index is 365. The molecule has 1 aromatic rings. The maximum Gasteiger partial charge on any atom is 0.258 e. The number of rotatable bonds is 4. The standard InChI is InChI=1S/C11H13F4N/c1-3-16-10(11(14)15)8-7(12)5-4-6(2)9(8)13/h4-5,10-11,16H,3H2,1-2H3. The van der Waals surface area contributed by atoms with Gasteiger partial charge in [0.15, 0.2) is 0 Å². The molecule has 0 aliphatic carbocycles. The molecule has 5 heteroatoms. The molecule has 0 saturated heterocycles. The summed E-state index contributed by atoms with van der Waals surface area (Å²) in [5.41, 5.74) is -0.434. The molecule has 90 valence electrons. The first-order valence-electron chi connectivity index (χ1n) is 4.95. The van der Waals surface area contributed by atoms with Crippen LogP contribution >= 0.6 is 0 Å². The van der Waals surface area contributed by atoms with Crippen molar-refractivity contribution in [2.75, 3.05) is 6.54 Å². The molecule has 1 N–H and O–H groups in total. The number of alkyl halides is 2. The van der Waals surface area contributed by atoms with Crippen LogP contribution in [0, 0.1) is 18.6 Å². The van der Waals surface area contributed by atoms with Crippen molar-refractivity contribution in [1.29, 1.82) is 0 Å². The second-order valence-electron chi connectivity index (χ2n) is 3.46. The lowest BCUT2D eigenvalue weighted by molar-refractivity contribution is 0.0955. The highest BCUT2D eigenvalue weighted by atomic mass is 19.3. The Balaban J connectivity index is 3.22. The van der Waals surface area contributed by atoms with E-state index in [-0.39, 0.29) is 12.1 Å². The topological polar surface area (TPSA) is 12.0 Å². The number of aryl methyl sites for hydroxylation is 1.